The Labute approximate surface area is 89.9 Å². The molecule has 0 saturated carbocycles. The van der Waals surface area contributed by atoms with Gasteiger partial charge in [0, 0.05) is 5.56 Å². The molecule has 78 valence electrons. The van der Waals surface area contributed by atoms with E-state index in [0.29, 0.717) is 5.15 Å². The standard InChI is InChI=1S/C11H16ClNO/c1-7(2)10-8(11(3,4)14)5-6-9(12)13-10/h5-7,14H,1-4H3. The zero-order valence-corrected chi connectivity index (χ0v) is 9.76. The molecule has 2 nitrogen and oxygen atoms in total. The highest BCUT2D eigenvalue weighted by molar-refractivity contribution is 6.29. The van der Waals surface area contributed by atoms with E-state index in [2.05, 4.69) is 4.98 Å². The van der Waals surface area contributed by atoms with Crippen molar-refractivity contribution in [2.24, 2.45) is 0 Å². The van der Waals surface area contributed by atoms with Gasteiger partial charge in [-0.15, -0.1) is 0 Å². The van der Waals surface area contributed by atoms with Crippen LogP contribution in [0.5, 0.6) is 0 Å². The summed E-state index contributed by atoms with van der Waals surface area (Å²) in [5.41, 5.74) is 0.846. The normalized spacial score (nSPS) is 12.2. The van der Waals surface area contributed by atoms with Crippen LogP contribution in [0, 0.1) is 0 Å². The van der Waals surface area contributed by atoms with Gasteiger partial charge in [-0.25, -0.2) is 4.98 Å². The zero-order valence-electron chi connectivity index (χ0n) is 9.00. The van der Waals surface area contributed by atoms with E-state index < -0.39 is 5.60 Å². The minimum Gasteiger partial charge on any atom is -0.386 e. The van der Waals surface area contributed by atoms with Crippen LogP contribution in [0.25, 0.3) is 0 Å². The van der Waals surface area contributed by atoms with Crippen molar-refractivity contribution < 1.29 is 5.11 Å². The molecule has 0 bridgehead atoms. The molecule has 0 unspecified atom stereocenters. The third-order valence-corrected chi connectivity index (χ3v) is 2.31. The lowest BCUT2D eigenvalue weighted by Crippen LogP contribution is -2.19. The lowest BCUT2D eigenvalue weighted by Gasteiger charge is -2.22. The molecular formula is C11H16ClNO. The topological polar surface area (TPSA) is 33.1 Å². The lowest BCUT2D eigenvalue weighted by atomic mass is 9.92. The number of nitrogens with zero attached hydrogens (tertiary/aromatic N) is 1. The zero-order chi connectivity index (χ0) is 10.9. The molecule has 1 N–H and O–H groups in total. The Morgan fingerprint density at radius 1 is 1.36 bits per heavy atom. The van der Waals surface area contributed by atoms with Gasteiger partial charge in [-0.05, 0) is 25.8 Å². The monoisotopic (exact) mass is 213 g/mol. The average Bonchev–Trinajstić information content (AvgIpc) is 2.01. The molecule has 1 rings (SSSR count). The number of pyridine rings is 1. The first-order valence-corrected chi connectivity index (χ1v) is 5.09. The van der Waals surface area contributed by atoms with E-state index in [9.17, 15) is 5.11 Å². The third kappa shape index (κ3) is 2.46. The molecule has 0 aliphatic carbocycles. The predicted octanol–water partition coefficient (Wildman–Crippen LogP) is 3.09. The van der Waals surface area contributed by atoms with Gasteiger partial charge in [0.2, 0.25) is 0 Å². The fraction of sp³-hybridized carbons (Fsp3) is 0.545. The van der Waals surface area contributed by atoms with E-state index >= 15 is 0 Å². The van der Waals surface area contributed by atoms with Gasteiger partial charge in [0.25, 0.3) is 0 Å². The van der Waals surface area contributed by atoms with Crippen molar-refractivity contribution in [3.63, 3.8) is 0 Å². The van der Waals surface area contributed by atoms with Crippen LogP contribution < -0.4 is 0 Å². The number of aliphatic hydroxyl groups is 1. The molecule has 1 aromatic heterocycles. The molecule has 0 spiro atoms. The van der Waals surface area contributed by atoms with E-state index in [1.807, 2.05) is 19.9 Å². The van der Waals surface area contributed by atoms with E-state index in [1.54, 1.807) is 19.9 Å². The highest BCUT2D eigenvalue weighted by Crippen LogP contribution is 2.28. The summed E-state index contributed by atoms with van der Waals surface area (Å²) in [5, 5.41) is 10.4. The van der Waals surface area contributed by atoms with Crippen molar-refractivity contribution in [2.75, 3.05) is 0 Å². The van der Waals surface area contributed by atoms with E-state index in [-0.39, 0.29) is 5.92 Å². The second kappa shape index (κ2) is 3.87. The highest BCUT2D eigenvalue weighted by Gasteiger charge is 2.22. The summed E-state index contributed by atoms with van der Waals surface area (Å²) in [5.74, 6) is 0.259. The molecule has 1 aromatic rings. The van der Waals surface area contributed by atoms with Crippen molar-refractivity contribution >= 4 is 11.6 Å². The lowest BCUT2D eigenvalue weighted by molar-refractivity contribution is 0.0768. The fourth-order valence-electron chi connectivity index (χ4n) is 1.41. The fourth-order valence-corrected chi connectivity index (χ4v) is 1.56. The van der Waals surface area contributed by atoms with Gasteiger partial charge in [-0.3, -0.25) is 0 Å². The Bertz CT molecular complexity index is 329. The SMILES string of the molecule is CC(C)c1nc(Cl)ccc1C(C)(C)O. The van der Waals surface area contributed by atoms with Gasteiger partial charge in [-0.1, -0.05) is 31.5 Å². The molecule has 14 heavy (non-hydrogen) atoms. The Morgan fingerprint density at radius 3 is 2.36 bits per heavy atom. The molecule has 0 aliphatic heterocycles. The Morgan fingerprint density at radius 2 is 1.93 bits per heavy atom. The number of hydrogen-bond donors (Lipinski definition) is 1. The van der Waals surface area contributed by atoms with Crippen molar-refractivity contribution in [1.29, 1.82) is 0 Å². The number of hydrogen-bond acceptors (Lipinski definition) is 2. The van der Waals surface area contributed by atoms with Gasteiger partial charge in [0.1, 0.15) is 5.15 Å². The molecule has 0 atom stereocenters. The molecule has 1 heterocycles. The average molecular weight is 214 g/mol. The quantitative estimate of drug-likeness (QED) is 0.766. The summed E-state index contributed by atoms with van der Waals surface area (Å²) in [6, 6.07) is 3.55. The molecule has 0 radical (unpaired) electrons. The summed E-state index contributed by atoms with van der Waals surface area (Å²) in [6.45, 7) is 7.58. The maximum Gasteiger partial charge on any atom is 0.129 e. The third-order valence-electron chi connectivity index (χ3n) is 2.10. The minimum atomic E-state index is -0.864. The first-order chi connectivity index (χ1) is 6.32. The van der Waals surface area contributed by atoms with E-state index in [0.717, 1.165) is 11.3 Å². The molecule has 0 aliphatic rings. The van der Waals surface area contributed by atoms with Gasteiger partial charge in [0.15, 0.2) is 0 Å². The van der Waals surface area contributed by atoms with Gasteiger partial charge in [-0.2, -0.15) is 0 Å². The van der Waals surface area contributed by atoms with Gasteiger partial charge >= 0.3 is 0 Å². The maximum atomic E-state index is 9.93. The molecular weight excluding hydrogens is 198 g/mol. The molecule has 0 fully saturated rings. The molecule has 3 heteroatoms. The largest absolute Gasteiger partial charge is 0.386 e. The van der Waals surface area contributed by atoms with Crippen LogP contribution >= 0.6 is 11.6 Å². The van der Waals surface area contributed by atoms with Crippen molar-refractivity contribution in [1.82, 2.24) is 4.98 Å². The number of rotatable bonds is 2. The number of halogens is 1. The van der Waals surface area contributed by atoms with Crippen molar-refractivity contribution in [3.8, 4) is 0 Å². The van der Waals surface area contributed by atoms with Crippen LogP contribution in [0.3, 0.4) is 0 Å². The summed E-state index contributed by atoms with van der Waals surface area (Å²) < 4.78 is 0. The van der Waals surface area contributed by atoms with Crippen LogP contribution in [-0.4, -0.2) is 10.1 Å². The Kier molecular flexibility index (Phi) is 3.17. The first kappa shape index (κ1) is 11.5. The first-order valence-electron chi connectivity index (χ1n) is 4.71. The summed E-state index contributed by atoms with van der Waals surface area (Å²) >= 11 is 5.82. The molecule has 0 aromatic carbocycles. The minimum absolute atomic E-state index is 0.259. The maximum absolute atomic E-state index is 9.93. The van der Waals surface area contributed by atoms with Crippen LogP contribution in [0.15, 0.2) is 12.1 Å². The van der Waals surface area contributed by atoms with Crippen LogP contribution in [-0.2, 0) is 5.60 Å². The van der Waals surface area contributed by atoms with Crippen LogP contribution in [0.4, 0.5) is 0 Å². The van der Waals surface area contributed by atoms with E-state index in [4.69, 9.17) is 11.6 Å². The predicted molar refractivity (Wildman–Crippen MR) is 58.6 cm³/mol. The smallest absolute Gasteiger partial charge is 0.129 e. The van der Waals surface area contributed by atoms with Crippen molar-refractivity contribution in [2.45, 2.75) is 39.2 Å². The van der Waals surface area contributed by atoms with Crippen molar-refractivity contribution in [3.05, 3.63) is 28.5 Å². The van der Waals surface area contributed by atoms with Gasteiger partial charge < -0.3 is 5.11 Å². The number of aromatic nitrogens is 1. The van der Waals surface area contributed by atoms with Crippen LogP contribution in [0.2, 0.25) is 5.15 Å². The summed E-state index contributed by atoms with van der Waals surface area (Å²) in [4.78, 5) is 4.24. The highest BCUT2D eigenvalue weighted by atomic mass is 35.5. The second-order valence-electron chi connectivity index (χ2n) is 4.28. The molecule has 0 amide bonds. The summed E-state index contributed by atoms with van der Waals surface area (Å²) in [7, 11) is 0. The second-order valence-corrected chi connectivity index (χ2v) is 4.67. The Hall–Kier alpha value is -0.600. The summed E-state index contributed by atoms with van der Waals surface area (Å²) in [6.07, 6.45) is 0. The molecule has 0 saturated heterocycles. The van der Waals surface area contributed by atoms with E-state index in [1.165, 1.54) is 0 Å². The van der Waals surface area contributed by atoms with Gasteiger partial charge in [0.05, 0.1) is 11.3 Å². The van der Waals surface area contributed by atoms with Crippen LogP contribution in [0.1, 0.15) is 44.9 Å². The Balaban J connectivity index is 3.29.